The maximum absolute atomic E-state index is 12.6. The number of nitrogens with zero attached hydrogens (tertiary/aromatic N) is 1. The standard InChI is InChI=1S/C20H24N2O4S/c1-4-14-21-27(24,25)19-12-8-17(9-13-19)20(23)22(3)15-16-6-10-18(11-7-16)26-5-2/h4,6-13,21H,1,5,14-15H2,2-3H3. The minimum atomic E-state index is -3.60. The summed E-state index contributed by atoms with van der Waals surface area (Å²) in [5, 5.41) is 0. The van der Waals surface area contributed by atoms with Crippen molar-refractivity contribution in [3.05, 3.63) is 72.3 Å². The van der Waals surface area contributed by atoms with Gasteiger partial charge in [0.05, 0.1) is 11.5 Å². The van der Waals surface area contributed by atoms with E-state index in [1.54, 1.807) is 11.9 Å². The molecule has 0 aliphatic carbocycles. The third-order valence-electron chi connectivity index (χ3n) is 3.83. The number of nitrogens with one attached hydrogen (secondary N) is 1. The van der Waals surface area contributed by atoms with Gasteiger partial charge in [0.1, 0.15) is 5.75 Å². The molecule has 2 aromatic rings. The maximum atomic E-state index is 12.6. The first kappa shape index (κ1) is 20.7. The van der Waals surface area contributed by atoms with E-state index in [4.69, 9.17) is 4.74 Å². The van der Waals surface area contributed by atoms with Crippen molar-refractivity contribution < 1.29 is 17.9 Å². The Kier molecular flexibility index (Phi) is 7.15. The lowest BCUT2D eigenvalue weighted by Crippen LogP contribution is -2.26. The predicted octanol–water partition coefficient (Wildman–Crippen LogP) is 2.82. The molecule has 6 nitrogen and oxygen atoms in total. The van der Waals surface area contributed by atoms with Gasteiger partial charge in [0.25, 0.3) is 5.91 Å². The zero-order valence-electron chi connectivity index (χ0n) is 15.5. The summed E-state index contributed by atoms with van der Waals surface area (Å²) < 4.78 is 31.9. The molecule has 1 amide bonds. The summed E-state index contributed by atoms with van der Waals surface area (Å²) in [6.07, 6.45) is 1.46. The molecule has 2 aromatic carbocycles. The van der Waals surface area contributed by atoms with Gasteiger partial charge in [-0.15, -0.1) is 6.58 Å². The largest absolute Gasteiger partial charge is 0.494 e. The van der Waals surface area contributed by atoms with Gasteiger partial charge in [0.15, 0.2) is 0 Å². The van der Waals surface area contributed by atoms with Crippen LogP contribution in [0, 0.1) is 0 Å². The van der Waals surface area contributed by atoms with Gasteiger partial charge in [0, 0.05) is 25.7 Å². The molecule has 1 N–H and O–H groups in total. The Hall–Kier alpha value is -2.64. The van der Waals surface area contributed by atoms with Gasteiger partial charge in [-0.25, -0.2) is 13.1 Å². The van der Waals surface area contributed by atoms with Crippen LogP contribution < -0.4 is 9.46 Å². The lowest BCUT2D eigenvalue weighted by atomic mass is 10.1. The molecule has 144 valence electrons. The van der Waals surface area contributed by atoms with Crippen LogP contribution in [-0.4, -0.2) is 39.4 Å². The lowest BCUT2D eigenvalue weighted by molar-refractivity contribution is 0.0785. The predicted molar refractivity (Wildman–Crippen MR) is 105 cm³/mol. The van der Waals surface area contributed by atoms with Gasteiger partial charge in [0.2, 0.25) is 10.0 Å². The highest BCUT2D eigenvalue weighted by Gasteiger charge is 2.16. The summed E-state index contributed by atoms with van der Waals surface area (Å²) in [6, 6.07) is 13.4. The van der Waals surface area contributed by atoms with E-state index in [0.717, 1.165) is 11.3 Å². The van der Waals surface area contributed by atoms with Crippen LogP contribution in [0.4, 0.5) is 0 Å². The number of sulfonamides is 1. The van der Waals surface area contributed by atoms with Crippen molar-refractivity contribution in [2.24, 2.45) is 0 Å². The van der Waals surface area contributed by atoms with Crippen LogP contribution in [0.25, 0.3) is 0 Å². The van der Waals surface area contributed by atoms with E-state index in [0.29, 0.717) is 18.7 Å². The van der Waals surface area contributed by atoms with E-state index >= 15 is 0 Å². The second-order valence-corrected chi connectivity index (χ2v) is 7.67. The molecule has 0 aromatic heterocycles. The second kappa shape index (κ2) is 9.34. The number of amides is 1. The Bertz CT molecular complexity index is 875. The van der Waals surface area contributed by atoms with Gasteiger partial charge in [-0.2, -0.15) is 0 Å². The molecule has 0 aliphatic heterocycles. The Morgan fingerprint density at radius 3 is 2.33 bits per heavy atom. The first-order chi connectivity index (χ1) is 12.9. The normalized spacial score (nSPS) is 11.0. The third kappa shape index (κ3) is 5.67. The van der Waals surface area contributed by atoms with Crippen molar-refractivity contribution >= 4 is 15.9 Å². The van der Waals surface area contributed by atoms with Gasteiger partial charge < -0.3 is 9.64 Å². The lowest BCUT2D eigenvalue weighted by Gasteiger charge is -2.18. The molecule has 7 heteroatoms. The fraction of sp³-hybridized carbons (Fsp3) is 0.250. The number of hydrogen-bond acceptors (Lipinski definition) is 4. The Labute approximate surface area is 160 Å². The molecule has 0 aliphatic rings. The summed E-state index contributed by atoms with van der Waals surface area (Å²) in [5.74, 6) is 0.601. The molecule has 0 saturated heterocycles. The highest BCUT2D eigenvalue weighted by atomic mass is 32.2. The second-order valence-electron chi connectivity index (χ2n) is 5.90. The smallest absolute Gasteiger partial charge is 0.253 e. The molecule has 2 rings (SSSR count). The van der Waals surface area contributed by atoms with Crippen molar-refractivity contribution in [1.29, 1.82) is 0 Å². The molecule has 0 heterocycles. The number of hydrogen-bond donors (Lipinski definition) is 1. The SMILES string of the molecule is C=CCNS(=O)(=O)c1ccc(C(=O)N(C)Cc2ccc(OCC)cc2)cc1. The molecule has 0 fully saturated rings. The number of carbonyl (C=O) groups is 1. The van der Waals surface area contributed by atoms with Crippen molar-refractivity contribution in [3.63, 3.8) is 0 Å². The van der Waals surface area contributed by atoms with Gasteiger partial charge >= 0.3 is 0 Å². The van der Waals surface area contributed by atoms with Crippen molar-refractivity contribution in [2.45, 2.75) is 18.4 Å². The molecule has 0 unspecified atom stereocenters. The quantitative estimate of drug-likeness (QED) is 0.670. The van der Waals surface area contributed by atoms with Crippen LogP contribution in [0.5, 0.6) is 5.75 Å². The summed E-state index contributed by atoms with van der Waals surface area (Å²) in [6.45, 7) is 6.59. The number of ether oxygens (including phenoxy) is 1. The molecule has 0 radical (unpaired) electrons. The summed E-state index contributed by atoms with van der Waals surface area (Å²) in [7, 11) is -1.90. The number of benzene rings is 2. The molecule has 27 heavy (non-hydrogen) atoms. The maximum Gasteiger partial charge on any atom is 0.253 e. The summed E-state index contributed by atoms with van der Waals surface area (Å²) in [4.78, 5) is 14.3. The third-order valence-corrected chi connectivity index (χ3v) is 5.27. The van der Waals surface area contributed by atoms with Gasteiger partial charge in [-0.3, -0.25) is 4.79 Å². The van der Waals surface area contributed by atoms with Crippen LogP contribution in [-0.2, 0) is 16.6 Å². The Balaban J connectivity index is 2.04. The van der Waals surface area contributed by atoms with Crippen LogP contribution in [0.3, 0.4) is 0 Å². The van der Waals surface area contributed by atoms with Crippen LogP contribution in [0.1, 0.15) is 22.8 Å². The Morgan fingerprint density at radius 2 is 1.78 bits per heavy atom. The fourth-order valence-corrected chi connectivity index (χ4v) is 3.45. The molecular weight excluding hydrogens is 364 g/mol. The van der Waals surface area contributed by atoms with E-state index in [1.807, 2.05) is 31.2 Å². The number of carbonyl (C=O) groups excluding carboxylic acids is 1. The van der Waals surface area contributed by atoms with Gasteiger partial charge in [-0.1, -0.05) is 18.2 Å². The summed E-state index contributed by atoms with van der Waals surface area (Å²) >= 11 is 0. The first-order valence-electron chi connectivity index (χ1n) is 8.55. The van der Waals surface area contributed by atoms with E-state index in [-0.39, 0.29) is 17.3 Å². The zero-order valence-corrected chi connectivity index (χ0v) is 16.3. The van der Waals surface area contributed by atoms with E-state index in [1.165, 1.54) is 30.3 Å². The minimum absolute atomic E-state index is 0.107. The average Bonchev–Trinajstić information content (AvgIpc) is 2.67. The monoisotopic (exact) mass is 388 g/mol. The Morgan fingerprint density at radius 1 is 1.15 bits per heavy atom. The molecule has 0 spiro atoms. The molecule has 0 atom stereocenters. The van der Waals surface area contributed by atoms with Crippen LogP contribution in [0.15, 0.2) is 66.1 Å². The van der Waals surface area contributed by atoms with Crippen molar-refractivity contribution in [1.82, 2.24) is 9.62 Å². The van der Waals surface area contributed by atoms with Crippen molar-refractivity contribution in [3.8, 4) is 5.75 Å². The molecule has 0 bridgehead atoms. The highest BCUT2D eigenvalue weighted by molar-refractivity contribution is 7.89. The molecular formula is C20H24N2O4S. The van der Waals surface area contributed by atoms with E-state index < -0.39 is 10.0 Å². The summed E-state index contributed by atoms with van der Waals surface area (Å²) in [5.41, 5.74) is 1.40. The van der Waals surface area contributed by atoms with Crippen molar-refractivity contribution in [2.75, 3.05) is 20.2 Å². The number of rotatable bonds is 9. The minimum Gasteiger partial charge on any atom is -0.494 e. The average molecular weight is 388 g/mol. The van der Waals surface area contributed by atoms with Crippen LogP contribution in [0.2, 0.25) is 0 Å². The highest BCUT2D eigenvalue weighted by Crippen LogP contribution is 2.16. The first-order valence-corrected chi connectivity index (χ1v) is 10.0. The fourth-order valence-electron chi connectivity index (χ4n) is 2.45. The topological polar surface area (TPSA) is 75.7 Å². The van der Waals surface area contributed by atoms with Gasteiger partial charge in [-0.05, 0) is 48.9 Å². The van der Waals surface area contributed by atoms with Crippen LogP contribution >= 0.6 is 0 Å². The molecule has 0 saturated carbocycles. The van der Waals surface area contributed by atoms with E-state index in [2.05, 4.69) is 11.3 Å². The zero-order chi connectivity index (χ0) is 19.9. The van der Waals surface area contributed by atoms with E-state index in [9.17, 15) is 13.2 Å².